The van der Waals surface area contributed by atoms with E-state index in [1.165, 1.54) is 14.2 Å². The van der Waals surface area contributed by atoms with Gasteiger partial charge in [0.05, 0.1) is 14.2 Å². The van der Waals surface area contributed by atoms with Crippen LogP contribution in [-0.2, 0) is 6.42 Å². The molecule has 150 valence electrons. The van der Waals surface area contributed by atoms with Crippen LogP contribution < -0.4 is 25.4 Å². The second kappa shape index (κ2) is 10.2. The van der Waals surface area contributed by atoms with Gasteiger partial charge >= 0.3 is 6.03 Å². The third-order valence-corrected chi connectivity index (χ3v) is 3.94. The summed E-state index contributed by atoms with van der Waals surface area (Å²) in [5.41, 5.74) is 2.19. The Morgan fingerprint density at radius 2 is 1.57 bits per heavy atom. The molecule has 0 fully saturated rings. The highest BCUT2D eigenvalue weighted by atomic mass is 16.5. The second-order valence-electron chi connectivity index (χ2n) is 6.56. The second-order valence-corrected chi connectivity index (χ2v) is 6.56. The molecule has 2 aromatic carbocycles. The van der Waals surface area contributed by atoms with Crippen LogP contribution in [0.2, 0.25) is 0 Å². The number of anilines is 1. The minimum absolute atomic E-state index is 0.104. The van der Waals surface area contributed by atoms with Crippen LogP contribution in [0.3, 0.4) is 0 Å². The molecule has 0 atom stereocenters. The first-order valence-corrected chi connectivity index (χ1v) is 9.09. The van der Waals surface area contributed by atoms with E-state index in [1.54, 1.807) is 18.2 Å². The molecule has 0 spiro atoms. The Kier molecular flexibility index (Phi) is 7.68. The highest BCUT2D eigenvalue weighted by Crippen LogP contribution is 2.23. The maximum absolute atomic E-state index is 12.5. The van der Waals surface area contributed by atoms with Crippen LogP contribution in [0.15, 0.2) is 42.5 Å². The van der Waals surface area contributed by atoms with E-state index >= 15 is 0 Å². The summed E-state index contributed by atoms with van der Waals surface area (Å²) in [6, 6.07) is 12.5. The van der Waals surface area contributed by atoms with Gasteiger partial charge in [-0.25, -0.2) is 4.79 Å². The van der Waals surface area contributed by atoms with Crippen LogP contribution in [0.5, 0.6) is 11.5 Å². The molecule has 7 heteroatoms. The van der Waals surface area contributed by atoms with Gasteiger partial charge in [-0.2, -0.15) is 0 Å². The molecule has 2 aromatic rings. The largest absolute Gasteiger partial charge is 0.497 e. The lowest BCUT2D eigenvalue weighted by Gasteiger charge is -2.11. The zero-order chi connectivity index (χ0) is 20.5. The summed E-state index contributed by atoms with van der Waals surface area (Å²) in [4.78, 5) is 24.1. The molecule has 28 heavy (non-hydrogen) atoms. The maximum Gasteiger partial charge on any atom is 0.314 e. The molecule has 3 N–H and O–H groups in total. The molecule has 0 unspecified atom stereocenters. The fourth-order valence-electron chi connectivity index (χ4n) is 2.53. The van der Waals surface area contributed by atoms with E-state index < -0.39 is 0 Å². The van der Waals surface area contributed by atoms with Crippen molar-refractivity contribution in [2.75, 3.05) is 26.1 Å². The summed E-state index contributed by atoms with van der Waals surface area (Å²) < 4.78 is 10.4. The average Bonchev–Trinajstić information content (AvgIpc) is 2.68. The molecular formula is C21H27N3O4. The Bertz CT molecular complexity index is 782. The Hall–Kier alpha value is -3.22. The lowest BCUT2D eigenvalue weighted by Crippen LogP contribution is -2.40. The summed E-state index contributed by atoms with van der Waals surface area (Å²) in [7, 11) is 3.08. The van der Waals surface area contributed by atoms with E-state index in [2.05, 4.69) is 16.0 Å². The number of nitrogens with one attached hydrogen (secondary N) is 3. The highest BCUT2D eigenvalue weighted by Gasteiger charge is 2.10. The van der Waals surface area contributed by atoms with Gasteiger partial charge in [0, 0.05) is 29.9 Å². The van der Waals surface area contributed by atoms with Crippen molar-refractivity contribution in [1.29, 1.82) is 0 Å². The standard InChI is InChI=1S/C21H27N3O4/c1-14(2)23-21(26)22-10-9-15-5-7-17(8-6-15)24-20(25)16-11-18(27-3)13-19(12-16)28-4/h5-8,11-14H,9-10H2,1-4H3,(H,24,25)(H2,22,23,26). The minimum atomic E-state index is -0.253. The Balaban J connectivity index is 1.91. The maximum atomic E-state index is 12.5. The molecule has 0 aliphatic carbocycles. The molecule has 3 amide bonds. The topological polar surface area (TPSA) is 88.7 Å². The quantitative estimate of drug-likeness (QED) is 0.651. The van der Waals surface area contributed by atoms with Crippen molar-refractivity contribution < 1.29 is 19.1 Å². The van der Waals surface area contributed by atoms with Gasteiger partial charge in [-0.15, -0.1) is 0 Å². The number of rotatable bonds is 8. The normalized spacial score (nSPS) is 10.3. The molecule has 0 bridgehead atoms. The smallest absolute Gasteiger partial charge is 0.314 e. The number of hydrogen-bond acceptors (Lipinski definition) is 4. The number of benzene rings is 2. The first-order chi connectivity index (χ1) is 13.4. The molecule has 0 radical (unpaired) electrons. The minimum Gasteiger partial charge on any atom is -0.497 e. The predicted octanol–water partition coefficient (Wildman–Crippen LogP) is 3.21. The summed E-state index contributed by atoms with van der Waals surface area (Å²) in [5, 5.41) is 8.44. The average molecular weight is 385 g/mol. The van der Waals surface area contributed by atoms with Gasteiger partial charge in [-0.1, -0.05) is 12.1 Å². The SMILES string of the molecule is COc1cc(OC)cc(C(=O)Nc2ccc(CCNC(=O)NC(C)C)cc2)c1. The fourth-order valence-corrected chi connectivity index (χ4v) is 2.53. The van der Waals surface area contributed by atoms with Crippen molar-refractivity contribution in [3.63, 3.8) is 0 Å². The van der Waals surface area contributed by atoms with Crippen molar-refractivity contribution in [3.8, 4) is 11.5 Å². The monoisotopic (exact) mass is 385 g/mol. The molecule has 0 saturated carbocycles. The number of carbonyl (C=O) groups is 2. The Morgan fingerprint density at radius 1 is 0.964 bits per heavy atom. The number of urea groups is 1. The fraction of sp³-hybridized carbons (Fsp3) is 0.333. The molecule has 0 aliphatic rings. The van der Waals surface area contributed by atoms with E-state index in [0.717, 1.165) is 5.56 Å². The number of amides is 3. The lowest BCUT2D eigenvalue weighted by atomic mass is 10.1. The molecular weight excluding hydrogens is 358 g/mol. The van der Waals surface area contributed by atoms with Crippen molar-refractivity contribution in [2.45, 2.75) is 26.3 Å². The Labute approximate surface area is 165 Å². The number of hydrogen-bond donors (Lipinski definition) is 3. The highest BCUT2D eigenvalue weighted by molar-refractivity contribution is 6.04. The third kappa shape index (κ3) is 6.50. The molecule has 7 nitrogen and oxygen atoms in total. The van der Waals surface area contributed by atoms with Crippen LogP contribution in [-0.4, -0.2) is 38.7 Å². The first-order valence-electron chi connectivity index (χ1n) is 9.09. The number of carbonyl (C=O) groups excluding carboxylic acids is 2. The van der Waals surface area contributed by atoms with Crippen LogP contribution >= 0.6 is 0 Å². The van der Waals surface area contributed by atoms with Gasteiger partial charge in [-0.05, 0) is 50.1 Å². The molecule has 2 rings (SSSR count). The molecule has 0 aliphatic heterocycles. The molecule has 0 heterocycles. The van der Waals surface area contributed by atoms with Crippen LogP contribution in [0.1, 0.15) is 29.8 Å². The van der Waals surface area contributed by atoms with Gasteiger partial charge in [0.1, 0.15) is 11.5 Å². The summed E-state index contributed by atoms with van der Waals surface area (Å²) >= 11 is 0. The van der Waals surface area contributed by atoms with Crippen molar-refractivity contribution in [2.24, 2.45) is 0 Å². The van der Waals surface area contributed by atoms with Crippen LogP contribution in [0, 0.1) is 0 Å². The lowest BCUT2D eigenvalue weighted by molar-refractivity contribution is 0.102. The van der Waals surface area contributed by atoms with Crippen molar-refractivity contribution in [3.05, 3.63) is 53.6 Å². The van der Waals surface area contributed by atoms with Crippen molar-refractivity contribution in [1.82, 2.24) is 10.6 Å². The van der Waals surface area contributed by atoms with Crippen LogP contribution in [0.4, 0.5) is 10.5 Å². The van der Waals surface area contributed by atoms with Gasteiger partial charge in [-0.3, -0.25) is 4.79 Å². The Morgan fingerprint density at radius 3 is 2.11 bits per heavy atom. The van der Waals surface area contributed by atoms with E-state index in [0.29, 0.717) is 35.7 Å². The van der Waals surface area contributed by atoms with Gasteiger partial charge in [0.2, 0.25) is 0 Å². The third-order valence-electron chi connectivity index (χ3n) is 3.94. The first kappa shape index (κ1) is 21.1. The predicted molar refractivity (Wildman–Crippen MR) is 109 cm³/mol. The van der Waals surface area contributed by atoms with E-state index in [-0.39, 0.29) is 18.0 Å². The van der Waals surface area contributed by atoms with E-state index in [9.17, 15) is 9.59 Å². The number of methoxy groups -OCH3 is 2. The van der Waals surface area contributed by atoms with Gasteiger partial charge in [0.25, 0.3) is 5.91 Å². The summed E-state index contributed by atoms with van der Waals surface area (Å²) in [6.45, 7) is 4.36. The zero-order valence-corrected chi connectivity index (χ0v) is 16.7. The van der Waals surface area contributed by atoms with Gasteiger partial charge < -0.3 is 25.4 Å². The number of ether oxygens (including phenoxy) is 2. The zero-order valence-electron chi connectivity index (χ0n) is 16.7. The van der Waals surface area contributed by atoms with Gasteiger partial charge in [0.15, 0.2) is 0 Å². The summed E-state index contributed by atoms with van der Waals surface area (Å²) in [6.07, 6.45) is 0.701. The summed E-state index contributed by atoms with van der Waals surface area (Å²) in [5.74, 6) is 0.847. The molecule has 0 aromatic heterocycles. The molecule has 0 saturated heterocycles. The van der Waals surface area contributed by atoms with Crippen molar-refractivity contribution >= 4 is 17.6 Å². The van der Waals surface area contributed by atoms with E-state index in [4.69, 9.17) is 9.47 Å². The van der Waals surface area contributed by atoms with E-state index in [1.807, 2.05) is 38.1 Å². The van der Waals surface area contributed by atoms with Crippen LogP contribution in [0.25, 0.3) is 0 Å².